The van der Waals surface area contributed by atoms with Crippen molar-refractivity contribution in [1.82, 2.24) is 10.1 Å². The van der Waals surface area contributed by atoms with E-state index in [1.54, 1.807) is 31.2 Å². The lowest BCUT2D eigenvalue weighted by atomic mass is 10.1. The van der Waals surface area contributed by atoms with Gasteiger partial charge >= 0.3 is 0 Å². The quantitative estimate of drug-likeness (QED) is 0.554. The molecule has 0 saturated heterocycles. The number of halogens is 1. The molecule has 29 heavy (non-hydrogen) atoms. The molecule has 0 spiro atoms. The second-order valence-electron chi connectivity index (χ2n) is 6.71. The van der Waals surface area contributed by atoms with E-state index in [0.29, 0.717) is 35.5 Å². The zero-order chi connectivity index (χ0) is 21.0. The average Bonchev–Trinajstić information content (AvgIpc) is 3.13. The van der Waals surface area contributed by atoms with Crippen molar-refractivity contribution < 1.29 is 17.7 Å². The Kier molecular flexibility index (Phi) is 6.44. The van der Waals surface area contributed by atoms with Gasteiger partial charge in [0.1, 0.15) is 10.6 Å². The maximum absolute atomic E-state index is 12.8. The Hall–Kier alpha value is -2.58. The smallest absolute Gasteiger partial charge is 0.265 e. The molecular weight excluding hydrogens is 414 g/mol. The van der Waals surface area contributed by atoms with E-state index < -0.39 is 10.0 Å². The van der Waals surface area contributed by atoms with E-state index in [9.17, 15) is 8.42 Å². The van der Waals surface area contributed by atoms with Crippen LogP contribution in [0.1, 0.15) is 44.0 Å². The van der Waals surface area contributed by atoms with Crippen molar-refractivity contribution in [2.24, 2.45) is 0 Å². The predicted octanol–water partition coefficient (Wildman–Crippen LogP) is 4.64. The van der Waals surface area contributed by atoms with Gasteiger partial charge in [0.25, 0.3) is 10.0 Å². The van der Waals surface area contributed by atoms with Gasteiger partial charge in [-0.1, -0.05) is 42.7 Å². The minimum absolute atomic E-state index is 0.0102. The predicted molar refractivity (Wildman–Crippen MR) is 111 cm³/mol. The van der Waals surface area contributed by atoms with Gasteiger partial charge in [-0.05, 0) is 42.8 Å². The topological polar surface area (TPSA) is 94.3 Å². The number of nitrogens with zero attached hydrogens (tertiary/aromatic N) is 2. The Morgan fingerprint density at radius 1 is 1.17 bits per heavy atom. The molecule has 9 heteroatoms. The summed E-state index contributed by atoms with van der Waals surface area (Å²) in [6.45, 7) is 6.09. The molecule has 7 nitrogen and oxygen atoms in total. The van der Waals surface area contributed by atoms with Crippen molar-refractivity contribution >= 4 is 27.3 Å². The van der Waals surface area contributed by atoms with Gasteiger partial charge in [-0.2, -0.15) is 4.98 Å². The molecule has 2 aromatic carbocycles. The van der Waals surface area contributed by atoms with Crippen LogP contribution in [0.5, 0.6) is 5.75 Å². The summed E-state index contributed by atoms with van der Waals surface area (Å²) < 4.78 is 38.8. The van der Waals surface area contributed by atoms with E-state index in [-0.39, 0.29) is 16.6 Å². The maximum Gasteiger partial charge on any atom is 0.265 e. The molecular formula is C20H22ClN3O4S. The number of aromatic nitrogens is 2. The summed E-state index contributed by atoms with van der Waals surface area (Å²) in [5.41, 5.74) is 1.36. The van der Waals surface area contributed by atoms with E-state index in [1.807, 2.05) is 26.0 Å². The standard InChI is InChI=1S/C20H22ClN3O4S/c1-4-27-17-10-7-15(21)12-18(17)29(25,26)24-16-8-5-14(6-9-16)11-19-22-20(13(2)3)28-23-19/h5-10,12-13,24H,4,11H2,1-3H3. The molecule has 0 aliphatic heterocycles. The van der Waals surface area contributed by atoms with Crippen LogP contribution in [-0.4, -0.2) is 25.2 Å². The summed E-state index contributed by atoms with van der Waals surface area (Å²) in [6.07, 6.45) is 0.492. The van der Waals surface area contributed by atoms with Crippen molar-refractivity contribution in [2.75, 3.05) is 11.3 Å². The second kappa shape index (κ2) is 8.84. The van der Waals surface area contributed by atoms with Crippen molar-refractivity contribution in [2.45, 2.75) is 38.0 Å². The SMILES string of the molecule is CCOc1ccc(Cl)cc1S(=O)(=O)Nc1ccc(Cc2noc(C(C)C)n2)cc1. The molecule has 0 bridgehead atoms. The van der Waals surface area contributed by atoms with Crippen LogP contribution in [0, 0.1) is 0 Å². The van der Waals surface area contributed by atoms with Gasteiger partial charge < -0.3 is 9.26 Å². The molecule has 0 atom stereocenters. The third-order valence-corrected chi connectivity index (χ3v) is 5.68. The van der Waals surface area contributed by atoms with Crippen LogP contribution >= 0.6 is 11.6 Å². The molecule has 3 rings (SSSR count). The van der Waals surface area contributed by atoms with Crippen molar-refractivity contribution in [1.29, 1.82) is 0 Å². The number of rotatable bonds is 8. The summed E-state index contributed by atoms with van der Waals surface area (Å²) in [6, 6.07) is 11.5. The Labute approximate surface area is 175 Å². The number of ether oxygens (including phenoxy) is 1. The molecule has 3 aromatic rings. The van der Waals surface area contributed by atoms with Crippen molar-refractivity contribution in [3.8, 4) is 5.75 Å². The van der Waals surface area contributed by atoms with Gasteiger partial charge in [0.2, 0.25) is 5.89 Å². The highest BCUT2D eigenvalue weighted by molar-refractivity contribution is 7.92. The molecule has 0 fully saturated rings. The van der Waals surface area contributed by atoms with Gasteiger partial charge in [0.15, 0.2) is 5.82 Å². The Morgan fingerprint density at radius 2 is 1.90 bits per heavy atom. The normalized spacial score (nSPS) is 11.6. The van der Waals surface area contributed by atoms with Crippen LogP contribution in [0.2, 0.25) is 5.02 Å². The lowest BCUT2D eigenvalue weighted by molar-refractivity contribution is 0.331. The summed E-state index contributed by atoms with van der Waals surface area (Å²) in [7, 11) is -3.87. The highest BCUT2D eigenvalue weighted by Crippen LogP contribution is 2.29. The van der Waals surface area contributed by atoms with Gasteiger partial charge in [0, 0.05) is 23.0 Å². The minimum atomic E-state index is -3.87. The fourth-order valence-electron chi connectivity index (χ4n) is 2.62. The van der Waals surface area contributed by atoms with Gasteiger partial charge in [0.05, 0.1) is 6.61 Å². The molecule has 154 valence electrons. The molecule has 0 amide bonds. The first kappa shape index (κ1) is 21.1. The highest BCUT2D eigenvalue weighted by Gasteiger charge is 2.20. The molecule has 0 aliphatic rings. The monoisotopic (exact) mass is 435 g/mol. The molecule has 0 radical (unpaired) electrons. The molecule has 0 aliphatic carbocycles. The van der Waals surface area contributed by atoms with Crippen LogP contribution < -0.4 is 9.46 Å². The summed E-state index contributed by atoms with van der Waals surface area (Å²) >= 11 is 5.98. The first-order valence-corrected chi connectivity index (χ1v) is 11.0. The van der Waals surface area contributed by atoms with Crippen molar-refractivity contribution in [3.63, 3.8) is 0 Å². The lowest BCUT2D eigenvalue weighted by Gasteiger charge is -2.13. The summed E-state index contributed by atoms with van der Waals surface area (Å²) in [5.74, 6) is 1.60. The first-order valence-electron chi connectivity index (χ1n) is 9.15. The van der Waals surface area contributed by atoms with Crippen LogP contribution in [0.25, 0.3) is 0 Å². The number of nitrogens with one attached hydrogen (secondary N) is 1. The van der Waals surface area contributed by atoms with E-state index in [4.69, 9.17) is 20.9 Å². The zero-order valence-corrected chi connectivity index (χ0v) is 17.9. The van der Waals surface area contributed by atoms with Gasteiger partial charge in [-0.3, -0.25) is 4.72 Å². The molecule has 0 saturated carbocycles. The fourth-order valence-corrected chi connectivity index (χ4v) is 4.09. The van der Waals surface area contributed by atoms with Crippen molar-refractivity contribution in [3.05, 3.63) is 64.8 Å². The third kappa shape index (κ3) is 5.27. The minimum Gasteiger partial charge on any atom is -0.492 e. The number of sulfonamides is 1. The van der Waals surface area contributed by atoms with E-state index in [0.717, 1.165) is 5.56 Å². The highest BCUT2D eigenvalue weighted by atomic mass is 35.5. The van der Waals surface area contributed by atoms with Crippen LogP contribution in [0.3, 0.4) is 0 Å². The zero-order valence-electron chi connectivity index (χ0n) is 16.3. The number of anilines is 1. The van der Waals surface area contributed by atoms with E-state index in [2.05, 4.69) is 14.9 Å². The summed E-state index contributed by atoms with van der Waals surface area (Å²) in [4.78, 5) is 4.34. The van der Waals surface area contributed by atoms with Crippen LogP contribution in [0.4, 0.5) is 5.69 Å². The number of benzene rings is 2. The number of hydrogen-bond donors (Lipinski definition) is 1. The van der Waals surface area contributed by atoms with E-state index in [1.165, 1.54) is 6.07 Å². The lowest BCUT2D eigenvalue weighted by Crippen LogP contribution is -2.14. The Balaban J connectivity index is 1.76. The Bertz CT molecular complexity index is 1080. The first-order chi connectivity index (χ1) is 13.8. The fraction of sp³-hybridized carbons (Fsp3) is 0.300. The third-order valence-electron chi connectivity index (χ3n) is 4.04. The molecule has 1 aromatic heterocycles. The van der Waals surface area contributed by atoms with E-state index >= 15 is 0 Å². The van der Waals surface area contributed by atoms with Crippen LogP contribution in [0.15, 0.2) is 51.9 Å². The number of hydrogen-bond acceptors (Lipinski definition) is 6. The summed E-state index contributed by atoms with van der Waals surface area (Å²) in [5, 5.41) is 4.28. The molecule has 0 unspecified atom stereocenters. The van der Waals surface area contributed by atoms with Gasteiger partial charge in [-0.25, -0.2) is 8.42 Å². The van der Waals surface area contributed by atoms with Gasteiger partial charge in [-0.15, -0.1) is 0 Å². The second-order valence-corrected chi connectivity index (χ2v) is 8.79. The molecule has 1 N–H and O–H groups in total. The largest absolute Gasteiger partial charge is 0.492 e. The average molecular weight is 436 g/mol. The molecule has 1 heterocycles. The van der Waals surface area contributed by atoms with Crippen LogP contribution in [-0.2, 0) is 16.4 Å². The maximum atomic E-state index is 12.8. The Morgan fingerprint density at radius 3 is 2.52 bits per heavy atom.